The van der Waals surface area contributed by atoms with Crippen molar-refractivity contribution in [3.05, 3.63) is 89.5 Å². The molecule has 0 aliphatic heterocycles. The van der Waals surface area contributed by atoms with Crippen LogP contribution in [0.1, 0.15) is 75.5 Å². The molecular formula is C31H36F3NO4. The number of hydrogen-bond acceptors (Lipinski definition) is 4. The highest BCUT2D eigenvalue weighted by atomic mass is 19.4. The van der Waals surface area contributed by atoms with Crippen molar-refractivity contribution in [3.63, 3.8) is 0 Å². The van der Waals surface area contributed by atoms with Crippen LogP contribution < -0.4 is 10.1 Å². The van der Waals surface area contributed by atoms with Crippen LogP contribution >= 0.6 is 0 Å². The lowest BCUT2D eigenvalue weighted by atomic mass is 9.86. The number of benzene rings is 3. The quantitative estimate of drug-likeness (QED) is 0.206. The van der Waals surface area contributed by atoms with Crippen LogP contribution in [0.3, 0.4) is 0 Å². The Bertz CT molecular complexity index is 1180. The lowest BCUT2D eigenvalue weighted by molar-refractivity contribution is -0.137. The molecule has 2 atom stereocenters. The van der Waals surface area contributed by atoms with Gasteiger partial charge in [0.1, 0.15) is 18.1 Å². The van der Waals surface area contributed by atoms with Gasteiger partial charge in [-0.1, -0.05) is 81.4 Å². The lowest BCUT2D eigenvalue weighted by Gasteiger charge is -2.21. The number of rotatable bonds is 12. The van der Waals surface area contributed by atoms with Gasteiger partial charge in [0, 0.05) is 13.0 Å². The van der Waals surface area contributed by atoms with Gasteiger partial charge in [-0.05, 0) is 58.2 Å². The minimum Gasteiger partial charge on any atom is -0.486 e. The van der Waals surface area contributed by atoms with E-state index in [1.807, 2.05) is 24.3 Å². The van der Waals surface area contributed by atoms with Crippen molar-refractivity contribution >= 4 is 5.97 Å². The summed E-state index contributed by atoms with van der Waals surface area (Å²) in [4.78, 5) is 10.7. The van der Waals surface area contributed by atoms with Gasteiger partial charge in [0.2, 0.25) is 0 Å². The van der Waals surface area contributed by atoms with Gasteiger partial charge in [-0.3, -0.25) is 10.1 Å². The SMILES string of the molecule is CC(C)(C)c1ccc(-c2ccc(OC(CCCC(F)(F)F)c3ccc(C(O)NCCC(=O)O)cc3)cc2)cc1. The molecule has 5 nitrogen and oxygen atoms in total. The number of nitrogens with one attached hydrogen (secondary N) is 1. The Labute approximate surface area is 227 Å². The van der Waals surface area contributed by atoms with Gasteiger partial charge < -0.3 is 14.9 Å². The third-order valence-corrected chi connectivity index (χ3v) is 6.44. The summed E-state index contributed by atoms with van der Waals surface area (Å²) in [5.74, 6) is -0.433. The van der Waals surface area contributed by atoms with E-state index in [1.165, 1.54) is 5.56 Å². The van der Waals surface area contributed by atoms with Gasteiger partial charge in [0.15, 0.2) is 0 Å². The summed E-state index contributed by atoms with van der Waals surface area (Å²) in [7, 11) is 0. The second kappa shape index (κ2) is 13.1. The Kier molecular flexibility index (Phi) is 10.2. The fourth-order valence-corrected chi connectivity index (χ4v) is 4.16. The number of aliphatic carboxylic acids is 1. The molecule has 0 amide bonds. The summed E-state index contributed by atoms with van der Waals surface area (Å²) in [6.07, 6.45) is -6.89. The first kappa shape index (κ1) is 30.2. The summed E-state index contributed by atoms with van der Waals surface area (Å²) in [6, 6.07) is 22.6. The van der Waals surface area contributed by atoms with E-state index in [0.29, 0.717) is 16.9 Å². The first-order valence-corrected chi connectivity index (χ1v) is 13.0. The highest BCUT2D eigenvalue weighted by Crippen LogP contribution is 2.32. The van der Waals surface area contributed by atoms with E-state index in [1.54, 1.807) is 24.3 Å². The molecular weight excluding hydrogens is 507 g/mol. The maximum Gasteiger partial charge on any atom is 0.389 e. The Morgan fingerprint density at radius 2 is 1.41 bits per heavy atom. The predicted molar refractivity (Wildman–Crippen MR) is 146 cm³/mol. The van der Waals surface area contributed by atoms with E-state index in [-0.39, 0.29) is 31.2 Å². The zero-order valence-corrected chi connectivity index (χ0v) is 22.5. The van der Waals surface area contributed by atoms with Gasteiger partial charge >= 0.3 is 12.1 Å². The van der Waals surface area contributed by atoms with Crippen molar-refractivity contribution in [3.8, 4) is 16.9 Å². The van der Waals surface area contributed by atoms with E-state index >= 15 is 0 Å². The fourth-order valence-electron chi connectivity index (χ4n) is 4.16. The number of halogens is 3. The second-order valence-electron chi connectivity index (χ2n) is 10.6. The molecule has 0 radical (unpaired) electrons. The molecule has 0 saturated heterocycles. The van der Waals surface area contributed by atoms with Crippen molar-refractivity contribution in [2.45, 2.75) is 70.4 Å². The summed E-state index contributed by atoms with van der Waals surface area (Å²) >= 11 is 0. The van der Waals surface area contributed by atoms with E-state index in [4.69, 9.17) is 9.84 Å². The molecule has 210 valence electrons. The monoisotopic (exact) mass is 543 g/mol. The molecule has 3 aromatic rings. The highest BCUT2D eigenvalue weighted by molar-refractivity contribution is 5.67. The lowest BCUT2D eigenvalue weighted by Crippen LogP contribution is -2.23. The molecule has 3 aromatic carbocycles. The topological polar surface area (TPSA) is 78.8 Å². The minimum absolute atomic E-state index is 0.0600. The van der Waals surface area contributed by atoms with Crippen LogP contribution in [0.5, 0.6) is 5.75 Å². The predicted octanol–water partition coefficient (Wildman–Crippen LogP) is 7.56. The van der Waals surface area contributed by atoms with Gasteiger partial charge in [0.25, 0.3) is 0 Å². The fraction of sp³-hybridized carbons (Fsp3) is 0.387. The average Bonchev–Trinajstić information content (AvgIpc) is 2.87. The zero-order chi connectivity index (χ0) is 28.6. The van der Waals surface area contributed by atoms with Crippen LogP contribution in [-0.4, -0.2) is 28.9 Å². The molecule has 0 spiro atoms. The van der Waals surface area contributed by atoms with Crippen molar-refractivity contribution in [1.29, 1.82) is 0 Å². The summed E-state index contributed by atoms with van der Waals surface area (Å²) in [5.41, 5.74) is 4.56. The van der Waals surface area contributed by atoms with Gasteiger partial charge in [-0.2, -0.15) is 13.2 Å². The number of aliphatic hydroxyl groups is 1. The molecule has 0 aliphatic rings. The molecule has 0 bridgehead atoms. The number of aliphatic hydroxyl groups excluding tert-OH is 1. The minimum atomic E-state index is -4.25. The standard InChI is InChI=1S/C31H36F3NO4/c1-30(2,3)25-14-10-21(11-15-25)22-12-16-26(17-13-22)39-27(5-4-19-31(32,33)34)23-6-8-24(9-7-23)29(38)35-20-18-28(36)37/h6-17,27,29,35,38H,4-5,18-20H2,1-3H3,(H,36,37). The van der Waals surface area contributed by atoms with Gasteiger partial charge in [-0.25, -0.2) is 0 Å². The van der Waals surface area contributed by atoms with Gasteiger partial charge in [0.05, 0.1) is 6.42 Å². The number of hydrogen-bond donors (Lipinski definition) is 3. The Balaban J connectivity index is 1.72. The van der Waals surface area contributed by atoms with Crippen molar-refractivity contribution < 1.29 is 32.9 Å². The number of alkyl halides is 3. The number of ether oxygens (including phenoxy) is 1. The molecule has 3 N–H and O–H groups in total. The molecule has 2 unspecified atom stereocenters. The number of carboxylic acid groups (broad SMARTS) is 1. The molecule has 0 aliphatic carbocycles. The average molecular weight is 544 g/mol. The zero-order valence-electron chi connectivity index (χ0n) is 22.5. The molecule has 0 saturated carbocycles. The van der Waals surface area contributed by atoms with Gasteiger partial charge in [-0.15, -0.1) is 0 Å². The first-order chi connectivity index (χ1) is 18.3. The molecule has 8 heteroatoms. The van der Waals surface area contributed by atoms with E-state index in [2.05, 4.69) is 50.4 Å². The van der Waals surface area contributed by atoms with E-state index < -0.39 is 30.9 Å². The summed E-state index contributed by atoms with van der Waals surface area (Å²) in [5, 5.41) is 21.7. The second-order valence-corrected chi connectivity index (χ2v) is 10.6. The Morgan fingerprint density at radius 1 is 0.872 bits per heavy atom. The number of carbonyl (C=O) groups is 1. The van der Waals surface area contributed by atoms with E-state index in [9.17, 15) is 23.1 Å². The Morgan fingerprint density at radius 3 is 1.92 bits per heavy atom. The van der Waals surface area contributed by atoms with Crippen LogP contribution in [0, 0.1) is 0 Å². The van der Waals surface area contributed by atoms with E-state index in [0.717, 1.165) is 11.1 Å². The summed E-state index contributed by atoms with van der Waals surface area (Å²) < 4.78 is 44.6. The maximum atomic E-state index is 12.8. The van der Waals surface area contributed by atoms with Crippen LogP contribution in [-0.2, 0) is 10.2 Å². The summed E-state index contributed by atoms with van der Waals surface area (Å²) in [6.45, 7) is 6.58. The molecule has 0 fully saturated rings. The number of carboxylic acids is 1. The maximum absolute atomic E-state index is 12.8. The normalized spacial score (nSPS) is 13.6. The van der Waals surface area contributed by atoms with Crippen molar-refractivity contribution in [1.82, 2.24) is 5.32 Å². The third kappa shape index (κ3) is 9.71. The Hall–Kier alpha value is -3.36. The molecule has 0 heterocycles. The smallest absolute Gasteiger partial charge is 0.389 e. The molecule has 0 aromatic heterocycles. The van der Waals surface area contributed by atoms with Crippen LogP contribution in [0.25, 0.3) is 11.1 Å². The van der Waals surface area contributed by atoms with Crippen LogP contribution in [0.2, 0.25) is 0 Å². The van der Waals surface area contributed by atoms with Crippen LogP contribution in [0.15, 0.2) is 72.8 Å². The largest absolute Gasteiger partial charge is 0.486 e. The van der Waals surface area contributed by atoms with Crippen molar-refractivity contribution in [2.75, 3.05) is 6.54 Å². The van der Waals surface area contributed by atoms with Crippen molar-refractivity contribution in [2.24, 2.45) is 0 Å². The molecule has 3 rings (SSSR count). The molecule has 39 heavy (non-hydrogen) atoms. The third-order valence-electron chi connectivity index (χ3n) is 6.44. The first-order valence-electron chi connectivity index (χ1n) is 13.0. The van der Waals surface area contributed by atoms with Crippen LogP contribution in [0.4, 0.5) is 13.2 Å². The highest BCUT2D eigenvalue weighted by Gasteiger charge is 2.27.